The summed E-state index contributed by atoms with van der Waals surface area (Å²) in [6.07, 6.45) is 2.51. The fourth-order valence-electron chi connectivity index (χ4n) is 1.94. The molecule has 1 N–H and O–H groups in total. The van der Waals surface area contributed by atoms with Crippen LogP contribution in [0.2, 0.25) is 0 Å². The Morgan fingerprint density at radius 3 is 2.78 bits per heavy atom. The zero-order valence-electron chi connectivity index (χ0n) is 13.2. The summed E-state index contributed by atoms with van der Waals surface area (Å²) in [4.78, 5) is 16.2. The molecular formula is C16H18N2O4S. The van der Waals surface area contributed by atoms with Gasteiger partial charge in [-0.25, -0.2) is 9.78 Å². The number of methoxy groups -OCH3 is 2. The minimum absolute atomic E-state index is 0.340. The molecule has 2 aromatic rings. The molecular weight excluding hydrogens is 316 g/mol. The third-order valence-corrected chi connectivity index (χ3v) is 4.27. The fraction of sp³-hybridized carbons (Fsp3) is 0.250. The van der Waals surface area contributed by atoms with Gasteiger partial charge in [0.1, 0.15) is 17.0 Å². The van der Waals surface area contributed by atoms with Crippen molar-refractivity contribution < 1.29 is 18.8 Å². The van der Waals surface area contributed by atoms with Crippen LogP contribution < -0.4 is 9.46 Å². The Morgan fingerprint density at radius 2 is 2.13 bits per heavy atom. The van der Waals surface area contributed by atoms with Crippen LogP contribution >= 0.6 is 0 Å². The van der Waals surface area contributed by atoms with Gasteiger partial charge in [-0.2, -0.15) is 4.72 Å². The molecule has 0 radical (unpaired) electrons. The molecule has 1 atom stereocenters. The number of carbonyl (C=O) groups is 1. The van der Waals surface area contributed by atoms with Gasteiger partial charge in [0.2, 0.25) is 5.88 Å². The predicted molar refractivity (Wildman–Crippen MR) is 88.0 cm³/mol. The van der Waals surface area contributed by atoms with Crippen molar-refractivity contribution in [3.05, 3.63) is 47.7 Å². The van der Waals surface area contributed by atoms with Gasteiger partial charge >= 0.3 is 5.97 Å². The first-order chi connectivity index (χ1) is 11.1. The van der Waals surface area contributed by atoms with Crippen LogP contribution in [-0.2, 0) is 22.5 Å². The zero-order valence-corrected chi connectivity index (χ0v) is 14.0. The minimum atomic E-state index is -1.56. The molecule has 0 saturated heterocycles. The SMILES string of the molecule is CCc1cnc(OC)c(N[S+]([O-])c2cccc(C(=O)OC)c2)c1. The molecule has 23 heavy (non-hydrogen) atoms. The lowest BCUT2D eigenvalue weighted by Crippen LogP contribution is -2.15. The Kier molecular flexibility index (Phi) is 5.84. The van der Waals surface area contributed by atoms with Crippen LogP contribution in [-0.4, -0.2) is 29.7 Å². The first kappa shape index (κ1) is 17.1. The topological polar surface area (TPSA) is 83.5 Å². The lowest BCUT2D eigenvalue weighted by Gasteiger charge is -2.14. The predicted octanol–water partition coefficient (Wildman–Crippen LogP) is 2.57. The molecule has 0 saturated carbocycles. The van der Waals surface area contributed by atoms with Crippen LogP contribution in [0.25, 0.3) is 0 Å². The first-order valence-electron chi connectivity index (χ1n) is 6.98. The lowest BCUT2D eigenvalue weighted by atomic mass is 10.2. The number of nitrogens with zero attached hydrogens (tertiary/aromatic N) is 1. The number of aryl methyl sites for hydroxylation is 1. The molecule has 7 heteroatoms. The van der Waals surface area contributed by atoms with Crippen LogP contribution in [0.4, 0.5) is 5.69 Å². The Labute approximate surface area is 138 Å². The van der Waals surface area contributed by atoms with E-state index in [0.717, 1.165) is 12.0 Å². The van der Waals surface area contributed by atoms with Crippen molar-refractivity contribution in [2.24, 2.45) is 0 Å². The van der Waals surface area contributed by atoms with Gasteiger partial charge in [0.15, 0.2) is 4.90 Å². The number of benzene rings is 1. The van der Waals surface area contributed by atoms with Gasteiger partial charge in [0.25, 0.3) is 0 Å². The van der Waals surface area contributed by atoms with Gasteiger partial charge in [-0.1, -0.05) is 13.0 Å². The molecule has 0 spiro atoms. The normalized spacial score (nSPS) is 11.7. The molecule has 1 heterocycles. The van der Waals surface area contributed by atoms with Crippen molar-refractivity contribution in [2.45, 2.75) is 18.2 Å². The monoisotopic (exact) mass is 334 g/mol. The van der Waals surface area contributed by atoms with Crippen molar-refractivity contribution in [1.29, 1.82) is 0 Å². The summed E-state index contributed by atoms with van der Waals surface area (Å²) < 4.78 is 25.2. The summed E-state index contributed by atoms with van der Waals surface area (Å²) in [6, 6.07) is 8.29. The molecule has 2 rings (SSSR count). The van der Waals surface area contributed by atoms with Crippen molar-refractivity contribution in [2.75, 3.05) is 18.9 Å². The van der Waals surface area contributed by atoms with Crippen LogP contribution in [0.1, 0.15) is 22.8 Å². The average molecular weight is 334 g/mol. The fourth-order valence-corrected chi connectivity index (χ4v) is 2.84. The molecule has 0 amide bonds. The van der Waals surface area contributed by atoms with E-state index in [9.17, 15) is 9.35 Å². The summed E-state index contributed by atoms with van der Waals surface area (Å²) in [6.45, 7) is 2.00. The quantitative estimate of drug-likeness (QED) is 0.646. The van der Waals surface area contributed by atoms with Crippen molar-refractivity contribution in [3.63, 3.8) is 0 Å². The van der Waals surface area contributed by atoms with E-state index in [0.29, 0.717) is 22.0 Å². The molecule has 122 valence electrons. The van der Waals surface area contributed by atoms with Gasteiger partial charge in [0, 0.05) is 12.3 Å². The molecule has 0 aliphatic rings. The summed E-state index contributed by atoms with van der Waals surface area (Å²) in [7, 11) is 2.80. The Morgan fingerprint density at radius 1 is 1.35 bits per heavy atom. The lowest BCUT2D eigenvalue weighted by molar-refractivity contribution is 0.0600. The third kappa shape index (κ3) is 4.14. The highest BCUT2D eigenvalue weighted by Crippen LogP contribution is 2.26. The molecule has 0 aliphatic carbocycles. The molecule has 0 bridgehead atoms. The number of esters is 1. The highest BCUT2D eigenvalue weighted by molar-refractivity contribution is 7.92. The molecule has 0 fully saturated rings. The standard InChI is InChI=1S/C16H18N2O4S/c1-4-11-8-14(15(21-2)17-10-11)18-23(20)13-7-5-6-12(9-13)16(19)22-3/h5-10,18H,4H2,1-3H3. The summed E-state index contributed by atoms with van der Waals surface area (Å²) >= 11 is -1.56. The Bertz CT molecular complexity index is 694. The van der Waals surface area contributed by atoms with E-state index in [1.165, 1.54) is 20.3 Å². The van der Waals surface area contributed by atoms with E-state index in [2.05, 4.69) is 14.4 Å². The van der Waals surface area contributed by atoms with E-state index in [1.807, 2.05) is 13.0 Å². The maximum atomic E-state index is 12.5. The van der Waals surface area contributed by atoms with Crippen LogP contribution in [0.5, 0.6) is 5.88 Å². The second-order valence-electron chi connectivity index (χ2n) is 4.64. The maximum Gasteiger partial charge on any atom is 0.338 e. The number of hydrogen-bond donors (Lipinski definition) is 1. The van der Waals surface area contributed by atoms with E-state index in [4.69, 9.17) is 4.74 Å². The number of hydrogen-bond acceptors (Lipinski definition) is 6. The van der Waals surface area contributed by atoms with Crippen molar-refractivity contribution >= 4 is 23.0 Å². The number of rotatable bonds is 6. The average Bonchev–Trinajstić information content (AvgIpc) is 2.60. The van der Waals surface area contributed by atoms with Gasteiger partial charge in [-0.3, -0.25) is 0 Å². The van der Waals surface area contributed by atoms with E-state index < -0.39 is 17.3 Å². The van der Waals surface area contributed by atoms with E-state index in [-0.39, 0.29) is 0 Å². The number of carbonyl (C=O) groups excluding carboxylic acids is 1. The van der Waals surface area contributed by atoms with Crippen molar-refractivity contribution in [1.82, 2.24) is 4.98 Å². The van der Waals surface area contributed by atoms with Gasteiger partial charge in [0.05, 0.1) is 19.8 Å². The highest BCUT2D eigenvalue weighted by Gasteiger charge is 2.18. The molecule has 1 aromatic carbocycles. The zero-order chi connectivity index (χ0) is 16.8. The molecule has 6 nitrogen and oxygen atoms in total. The van der Waals surface area contributed by atoms with Crippen molar-refractivity contribution in [3.8, 4) is 5.88 Å². The van der Waals surface area contributed by atoms with Crippen LogP contribution in [0, 0.1) is 0 Å². The first-order valence-corrected chi connectivity index (χ1v) is 8.13. The number of aromatic nitrogens is 1. The largest absolute Gasteiger partial charge is 0.588 e. The third-order valence-electron chi connectivity index (χ3n) is 3.18. The molecule has 1 unspecified atom stereocenters. The van der Waals surface area contributed by atoms with Gasteiger partial charge in [-0.15, -0.1) is 0 Å². The summed E-state index contributed by atoms with van der Waals surface area (Å²) in [5, 5.41) is 0. The summed E-state index contributed by atoms with van der Waals surface area (Å²) in [5.41, 5.74) is 1.87. The smallest absolute Gasteiger partial charge is 0.338 e. The van der Waals surface area contributed by atoms with E-state index in [1.54, 1.807) is 24.4 Å². The van der Waals surface area contributed by atoms with E-state index >= 15 is 0 Å². The van der Waals surface area contributed by atoms with Gasteiger partial charge in [-0.05, 0) is 30.2 Å². The summed E-state index contributed by atoms with van der Waals surface area (Å²) in [5.74, 6) is -0.115. The van der Waals surface area contributed by atoms with Crippen LogP contribution in [0.15, 0.2) is 41.4 Å². The maximum absolute atomic E-state index is 12.5. The number of nitrogens with one attached hydrogen (secondary N) is 1. The number of pyridine rings is 1. The highest BCUT2D eigenvalue weighted by atomic mass is 32.2. The second-order valence-corrected chi connectivity index (χ2v) is 5.86. The Hall–Kier alpha value is -2.25. The molecule has 0 aliphatic heterocycles. The second kappa shape index (κ2) is 7.85. The molecule has 1 aromatic heterocycles. The van der Waals surface area contributed by atoms with Crippen LogP contribution in [0.3, 0.4) is 0 Å². The minimum Gasteiger partial charge on any atom is -0.588 e. The number of anilines is 1. The van der Waals surface area contributed by atoms with Gasteiger partial charge < -0.3 is 14.0 Å². The Balaban J connectivity index is 2.25. The number of ether oxygens (including phenoxy) is 2.